The van der Waals surface area contributed by atoms with Gasteiger partial charge in [-0.1, -0.05) is 25.8 Å². The number of ether oxygens (including phenoxy) is 1. The Morgan fingerprint density at radius 1 is 1.37 bits per heavy atom. The molecule has 0 heterocycles. The highest BCUT2D eigenvalue weighted by atomic mass is 19.1. The first-order chi connectivity index (χ1) is 9.10. The Morgan fingerprint density at radius 3 is 2.84 bits per heavy atom. The zero-order valence-corrected chi connectivity index (χ0v) is 12.1. The summed E-state index contributed by atoms with van der Waals surface area (Å²) in [6, 6.07) is 5.91. The van der Waals surface area contributed by atoms with E-state index in [1.165, 1.54) is 38.9 Å². The van der Waals surface area contributed by atoms with Crippen molar-refractivity contribution in [2.45, 2.75) is 51.6 Å². The van der Waals surface area contributed by atoms with E-state index >= 15 is 0 Å². The van der Waals surface area contributed by atoms with Crippen LogP contribution in [-0.2, 0) is 0 Å². The minimum atomic E-state index is -0.301. The standard InChI is InChI=1S/C16H24FNO/c1-11-5-4-6-14(9-11)18-12(2)13-7-8-15(17)16(10-13)19-3/h7-8,10-12,14,18H,4-6,9H2,1-3H3. The zero-order valence-electron chi connectivity index (χ0n) is 12.1. The maximum absolute atomic E-state index is 13.4. The highest BCUT2D eigenvalue weighted by molar-refractivity contribution is 5.32. The Hall–Kier alpha value is -1.09. The van der Waals surface area contributed by atoms with Gasteiger partial charge in [0, 0.05) is 12.1 Å². The van der Waals surface area contributed by atoms with Crippen LogP contribution in [0.5, 0.6) is 5.75 Å². The van der Waals surface area contributed by atoms with Gasteiger partial charge in [-0.05, 0) is 43.4 Å². The lowest BCUT2D eigenvalue weighted by atomic mass is 9.86. The predicted octanol–water partition coefficient (Wildman–Crippen LogP) is 4.06. The van der Waals surface area contributed by atoms with Crippen LogP contribution >= 0.6 is 0 Å². The van der Waals surface area contributed by atoms with Crippen LogP contribution in [0.2, 0.25) is 0 Å². The van der Waals surface area contributed by atoms with E-state index in [1.54, 1.807) is 6.07 Å². The molecule has 1 aromatic carbocycles. The Labute approximate surface area is 115 Å². The normalized spacial score (nSPS) is 25.1. The molecule has 3 atom stereocenters. The highest BCUT2D eigenvalue weighted by Gasteiger charge is 2.21. The molecule has 1 fully saturated rings. The van der Waals surface area contributed by atoms with Crippen LogP contribution in [-0.4, -0.2) is 13.2 Å². The maximum atomic E-state index is 13.4. The van der Waals surface area contributed by atoms with Gasteiger partial charge in [-0.2, -0.15) is 0 Å². The van der Waals surface area contributed by atoms with E-state index in [0.29, 0.717) is 11.8 Å². The van der Waals surface area contributed by atoms with Crippen LogP contribution in [0.25, 0.3) is 0 Å². The third-order valence-corrected chi connectivity index (χ3v) is 4.10. The summed E-state index contributed by atoms with van der Waals surface area (Å²) in [6.45, 7) is 4.45. The number of benzene rings is 1. The second kappa shape index (κ2) is 6.38. The van der Waals surface area contributed by atoms with Crippen LogP contribution in [0, 0.1) is 11.7 Å². The van der Waals surface area contributed by atoms with Crippen LogP contribution in [0.3, 0.4) is 0 Å². The fourth-order valence-electron chi connectivity index (χ4n) is 2.98. The van der Waals surface area contributed by atoms with Gasteiger partial charge in [0.1, 0.15) is 0 Å². The Bertz CT molecular complexity index is 421. The van der Waals surface area contributed by atoms with E-state index in [9.17, 15) is 4.39 Å². The first kappa shape index (κ1) is 14.3. The van der Waals surface area contributed by atoms with Gasteiger partial charge in [-0.15, -0.1) is 0 Å². The van der Waals surface area contributed by atoms with Crippen LogP contribution in [0.15, 0.2) is 18.2 Å². The molecule has 0 aliphatic heterocycles. The van der Waals surface area contributed by atoms with Crippen molar-refractivity contribution in [1.29, 1.82) is 0 Å². The topological polar surface area (TPSA) is 21.3 Å². The average Bonchev–Trinajstić information content (AvgIpc) is 2.39. The quantitative estimate of drug-likeness (QED) is 0.886. The van der Waals surface area contributed by atoms with Crippen molar-refractivity contribution in [1.82, 2.24) is 5.32 Å². The van der Waals surface area contributed by atoms with Crippen LogP contribution in [0.1, 0.15) is 51.1 Å². The summed E-state index contributed by atoms with van der Waals surface area (Å²) in [5.41, 5.74) is 1.08. The largest absolute Gasteiger partial charge is 0.494 e. The molecule has 2 rings (SSSR count). The van der Waals surface area contributed by atoms with Crippen LogP contribution < -0.4 is 10.1 Å². The van der Waals surface area contributed by atoms with Gasteiger partial charge in [0.25, 0.3) is 0 Å². The minimum Gasteiger partial charge on any atom is -0.494 e. The zero-order chi connectivity index (χ0) is 13.8. The van der Waals surface area contributed by atoms with Gasteiger partial charge in [0.05, 0.1) is 7.11 Å². The molecular formula is C16H24FNO. The number of hydrogen-bond acceptors (Lipinski definition) is 2. The summed E-state index contributed by atoms with van der Waals surface area (Å²) >= 11 is 0. The van der Waals surface area contributed by atoms with Gasteiger partial charge >= 0.3 is 0 Å². The Kier molecular flexibility index (Phi) is 4.81. The highest BCUT2D eigenvalue weighted by Crippen LogP contribution is 2.27. The Balaban J connectivity index is 2.01. The molecule has 0 amide bonds. The van der Waals surface area contributed by atoms with Crippen molar-refractivity contribution in [3.63, 3.8) is 0 Å². The van der Waals surface area contributed by atoms with Crippen molar-refractivity contribution < 1.29 is 9.13 Å². The summed E-state index contributed by atoms with van der Waals surface area (Å²) in [5.74, 6) is 0.828. The molecule has 2 nitrogen and oxygen atoms in total. The molecule has 1 saturated carbocycles. The molecule has 1 aliphatic carbocycles. The monoisotopic (exact) mass is 265 g/mol. The average molecular weight is 265 g/mol. The summed E-state index contributed by atoms with van der Waals surface area (Å²) in [7, 11) is 1.50. The van der Waals surface area contributed by atoms with Crippen molar-refractivity contribution in [3.05, 3.63) is 29.6 Å². The van der Waals surface area contributed by atoms with Crippen molar-refractivity contribution >= 4 is 0 Å². The van der Waals surface area contributed by atoms with Crippen LogP contribution in [0.4, 0.5) is 4.39 Å². The van der Waals surface area contributed by atoms with Gasteiger partial charge in [0.15, 0.2) is 11.6 Å². The molecule has 0 aromatic heterocycles. The van der Waals surface area contributed by atoms with E-state index in [-0.39, 0.29) is 11.9 Å². The number of nitrogens with one attached hydrogen (secondary N) is 1. The van der Waals surface area contributed by atoms with E-state index in [2.05, 4.69) is 19.2 Å². The van der Waals surface area contributed by atoms with Crippen molar-refractivity contribution in [3.8, 4) is 5.75 Å². The molecule has 19 heavy (non-hydrogen) atoms. The predicted molar refractivity (Wildman–Crippen MR) is 75.9 cm³/mol. The molecule has 1 aliphatic rings. The molecule has 1 aromatic rings. The first-order valence-electron chi connectivity index (χ1n) is 7.19. The minimum absolute atomic E-state index is 0.227. The van der Waals surface area contributed by atoms with E-state index in [4.69, 9.17) is 4.74 Å². The number of halogens is 1. The van der Waals surface area contributed by atoms with E-state index < -0.39 is 0 Å². The fraction of sp³-hybridized carbons (Fsp3) is 0.625. The maximum Gasteiger partial charge on any atom is 0.165 e. The number of rotatable bonds is 4. The number of methoxy groups -OCH3 is 1. The first-order valence-corrected chi connectivity index (χ1v) is 7.19. The van der Waals surface area contributed by atoms with Crippen molar-refractivity contribution in [2.24, 2.45) is 5.92 Å². The van der Waals surface area contributed by atoms with E-state index in [0.717, 1.165) is 11.5 Å². The van der Waals surface area contributed by atoms with Gasteiger partial charge < -0.3 is 10.1 Å². The summed E-state index contributed by atoms with van der Waals surface area (Å²) in [6.07, 6.45) is 5.13. The smallest absolute Gasteiger partial charge is 0.165 e. The molecule has 3 unspecified atom stereocenters. The van der Waals surface area contributed by atoms with Gasteiger partial charge in [-0.25, -0.2) is 4.39 Å². The molecule has 3 heteroatoms. The molecule has 0 spiro atoms. The second-order valence-electron chi connectivity index (χ2n) is 5.75. The Morgan fingerprint density at radius 2 is 2.16 bits per heavy atom. The summed E-state index contributed by atoms with van der Waals surface area (Å²) < 4.78 is 18.4. The van der Waals surface area contributed by atoms with Crippen molar-refractivity contribution in [2.75, 3.05) is 7.11 Å². The third-order valence-electron chi connectivity index (χ3n) is 4.10. The van der Waals surface area contributed by atoms with Gasteiger partial charge in [0.2, 0.25) is 0 Å². The molecule has 0 saturated heterocycles. The summed E-state index contributed by atoms with van der Waals surface area (Å²) in [5, 5.41) is 3.66. The molecule has 0 radical (unpaired) electrons. The lowest BCUT2D eigenvalue weighted by Crippen LogP contribution is -2.35. The molecular weight excluding hydrogens is 241 g/mol. The van der Waals surface area contributed by atoms with E-state index in [1.807, 2.05) is 6.07 Å². The molecule has 1 N–H and O–H groups in total. The second-order valence-corrected chi connectivity index (χ2v) is 5.75. The lowest BCUT2D eigenvalue weighted by Gasteiger charge is -2.30. The SMILES string of the molecule is COc1cc(C(C)NC2CCCC(C)C2)ccc1F. The molecule has 0 bridgehead atoms. The van der Waals surface area contributed by atoms with Gasteiger partial charge in [-0.3, -0.25) is 0 Å². The lowest BCUT2D eigenvalue weighted by molar-refractivity contribution is 0.285. The summed E-state index contributed by atoms with van der Waals surface area (Å²) in [4.78, 5) is 0. The fourth-order valence-corrected chi connectivity index (χ4v) is 2.98. The molecule has 106 valence electrons. The number of hydrogen-bond donors (Lipinski definition) is 1. The third kappa shape index (κ3) is 3.69.